The molecule has 26 heavy (non-hydrogen) atoms. The molecule has 0 aliphatic carbocycles. The Morgan fingerprint density at radius 1 is 1.27 bits per heavy atom. The molecule has 1 atom stereocenters. The molecule has 3 N–H and O–H groups in total. The quantitative estimate of drug-likeness (QED) is 0.478. The summed E-state index contributed by atoms with van der Waals surface area (Å²) in [6.45, 7) is 5.20. The fraction of sp³-hybridized carbons (Fsp3) is 0.562. The highest BCUT2D eigenvalue weighted by Gasteiger charge is 2.18. The topological polar surface area (TPSA) is 129 Å². The monoisotopic (exact) mass is 390 g/mol. The van der Waals surface area contributed by atoms with Gasteiger partial charge in [0.25, 0.3) is 0 Å². The van der Waals surface area contributed by atoms with E-state index in [1.807, 2.05) is 0 Å². The Bertz CT molecular complexity index is 735. The first kappa shape index (κ1) is 22.2. The van der Waals surface area contributed by atoms with Gasteiger partial charge in [-0.05, 0) is 38.5 Å². The van der Waals surface area contributed by atoms with E-state index in [1.165, 1.54) is 18.4 Å². The van der Waals surface area contributed by atoms with E-state index in [4.69, 9.17) is 14.6 Å². The first-order chi connectivity index (χ1) is 11.9. The molecule has 0 spiro atoms. The van der Waals surface area contributed by atoms with E-state index < -0.39 is 21.4 Å². The number of amides is 1. The summed E-state index contributed by atoms with van der Waals surface area (Å²) < 4.78 is 26.7. The number of rotatable bonds is 7. The number of carbonyl (C=O) groups is 1. The van der Waals surface area contributed by atoms with Gasteiger partial charge in [0.05, 0.1) is 27.8 Å². The van der Waals surface area contributed by atoms with Crippen molar-refractivity contribution in [2.45, 2.75) is 38.5 Å². The van der Waals surface area contributed by atoms with Crippen molar-refractivity contribution in [3.8, 4) is 5.75 Å². The zero-order chi connectivity index (χ0) is 20.0. The first-order valence-electron chi connectivity index (χ1n) is 7.90. The molecular formula is C16H26N2O7S. The summed E-state index contributed by atoms with van der Waals surface area (Å²) in [5.74, 6) is 0.177. The normalized spacial score (nSPS) is 13.7. The highest BCUT2D eigenvalue weighted by molar-refractivity contribution is 7.92. The van der Waals surface area contributed by atoms with Gasteiger partial charge in [-0.25, -0.2) is 9.00 Å². The third-order valence-electron chi connectivity index (χ3n) is 2.85. The van der Waals surface area contributed by atoms with E-state index in [9.17, 15) is 19.4 Å². The smallest absolute Gasteiger partial charge is 0.442 e. The maximum Gasteiger partial charge on any atom is 0.442 e. The number of benzene rings is 1. The Morgan fingerprint density at radius 2 is 1.92 bits per heavy atom. The molecule has 0 aromatic heterocycles. The SMILES string of the molecule is CC(C)(C)OC(=O)N=S(C)(=O)Cc1cc(OCCCO)cc(N(O)O)c1. The van der Waals surface area contributed by atoms with Crippen molar-refractivity contribution in [2.75, 3.05) is 24.7 Å². The molecule has 10 heteroatoms. The van der Waals surface area contributed by atoms with Crippen LogP contribution >= 0.6 is 0 Å². The summed E-state index contributed by atoms with van der Waals surface area (Å²) in [7, 11) is -2.97. The molecule has 9 nitrogen and oxygen atoms in total. The summed E-state index contributed by atoms with van der Waals surface area (Å²) in [5.41, 5.74) is -0.332. The predicted molar refractivity (Wildman–Crippen MR) is 96.1 cm³/mol. The van der Waals surface area contributed by atoms with E-state index in [0.29, 0.717) is 17.7 Å². The standard InChI is InChI=1S/C16H26N2O7S/c1-16(2,3)25-15(20)17-26(4,23)11-12-8-13(18(21)22)10-14(9-12)24-7-5-6-19/h8-10,19,21-22H,5-7,11H2,1-4H3. The molecule has 1 aromatic carbocycles. The van der Waals surface area contributed by atoms with Gasteiger partial charge in [0.2, 0.25) is 0 Å². The molecule has 0 heterocycles. The number of ether oxygens (including phenoxy) is 2. The number of nitrogens with zero attached hydrogens (tertiary/aromatic N) is 2. The number of hydrogen-bond donors (Lipinski definition) is 3. The maximum absolute atomic E-state index is 12.6. The first-order valence-corrected chi connectivity index (χ1v) is 9.99. The van der Waals surface area contributed by atoms with E-state index in [-0.39, 0.29) is 29.9 Å². The van der Waals surface area contributed by atoms with Gasteiger partial charge in [0, 0.05) is 25.3 Å². The summed E-state index contributed by atoms with van der Waals surface area (Å²) in [6, 6.07) is 4.30. The molecular weight excluding hydrogens is 364 g/mol. The van der Waals surface area contributed by atoms with Crippen molar-refractivity contribution in [2.24, 2.45) is 4.36 Å². The Kier molecular flexibility index (Phi) is 7.82. The number of aliphatic hydroxyl groups excluding tert-OH is 1. The average molecular weight is 390 g/mol. The van der Waals surface area contributed by atoms with Crippen LogP contribution in [0, 0.1) is 0 Å². The van der Waals surface area contributed by atoms with Crippen LogP contribution in [-0.2, 0) is 20.2 Å². The van der Waals surface area contributed by atoms with Gasteiger partial charge in [0.15, 0.2) is 0 Å². The largest absolute Gasteiger partial charge is 0.493 e. The average Bonchev–Trinajstić information content (AvgIpc) is 2.43. The molecule has 0 saturated carbocycles. The Labute approximate surface area is 153 Å². The lowest BCUT2D eigenvalue weighted by molar-refractivity contribution is 0.0289. The van der Waals surface area contributed by atoms with Crippen molar-refractivity contribution in [1.82, 2.24) is 0 Å². The fourth-order valence-electron chi connectivity index (χ4n) is 1.96. The number of carbonyl (C=O) groups excluding carboxylic acids is 1. The van der Waals surface area contributed by atoms with Gasteiger partial charge in [-0.2, -0.15) is 0 Å². The zero-order valence-corrected chi connectivity index (χ0v) is 16.2. The highest BCUT2D eigenvalue weighted by atomic mass is 32.2. The van der Waals surface area contributed by atoms with E-state index in [2.05, 4.69) is 4.36 Å². The van der Waals surface area contributed by atoms with E-state index >= 15 is 0 Å². The van der Waals surface area contributed by atoms with Crippen molar-refractivity contribution >= 4 is 21.5 Å². The Balaban J connectivity index is 3.05. The maximum atomic E-state index is 12.6. The summed E-state index contributed by atoms with van der Waals surface area (Å²) >= 11 is 0. The second-order valence-corrected chi connectivity index (χ2v) is 9.12. The van der Waals surface area contributed by atoms with Gasteiger partial charge in [0.1, 0.15) is 11.4 Å². The number of aliphatic hydroxyl groups is 1. The second-order valence-electron chi connectivity index (χ2n) is 6.73. The molecule has 0 radical (unpaired) electrons. The zero-order valence-electron chi connectivity index (χ0n) is 15.3. The summed E-state index contributed by atoms with van der Waals surface area (Å²) in [6.07, 6.45) is 0.789. The van der Waals surface area contributed by atoms with Gasteiger partial charge in [-0.1, -0.05) is 0 Å². The molecule has 1 rings (SSSR count). The highest BCUT2D eigenvalue weighted by Crippen LogP contribution is 2.25. The molecule has 0 aliphatic rings. The van der Waals surface area contributed by atoms with Crippen LogP contribution in [0.25, 0.3) is 0 Å². The fourth-order valence-corrected chi connectivity index (χ4v) is 3.16. The van der Waals surface area contributed by atoms with Crippen LogP contribution in [0.15, 0.2) is 22.6 Å². The van der Waals surface area contributed by atoms with Crippen LogP contribution in [0.5, 0.6) is 5.75 Å². The van der Waals surface area contributed by atoms with Crippen LogP contribution in [0.3, 0.4) is 0 Å². The molecule has 0 fully saturated rings. The third-order valence-corrected chi connectivity index (χ3v) is 4.25. The summed E-state index contributed by atoms with van der Waals surface area (Å²) in [4.78, 5) is 11.8. The molecule has 1 unspecified atom stereocenters. The molecule has 148 valence electrons. The van der Waals surface area contributed by atoms with Crippen molar-refractivity contribution in [3.63, 3.8) is 0 Å². The number of hydrogen-bond acceptors (Lipinski definition) is 8. The van der Waals surface area contributed by atoms with E-state index in [1.54, 1.807) is 26.8 Å². The van der Waals surface area contributed by atoms with Crippen LogP contribution in [0.4, 0.5) is 10.5 Å². The van der Waals surface area contributed by atoms with Crippen molar-refractivity contribution in [3.05, 3.63) is 23.8 Å². The minimum atomic E-state index is -2.97. The minimum Gasteiger partial charge on any atom is -0.493 e. The van der Waals surface area contributed by atoms with Gasteiger partial charge in [-0.15, -0.1) is 9.59 Å². The molecule has 0 bridgehead atoms. The minimum absolute atomic E-state index is 0.00559. The third kappa shape index (κ3) is 8.48. The molecule has 0 aliphatic heterocycles. The molecule has 0 saturated heterocycles. The van der Waals surface area contributed by atoms with Crippen molar-refractivity contribution < 1.29 is 34.0 Å². The number of anilines is 1. The van der Waals surface area contributed by atoms with Crippen LogP contribution in [0.2, 0.25) is 0 Å². The van der Waals surface area contributed by atoms with Crippen LogP contribution in [0.1, 0.15) is 32.8 Å². The second kappa shape index (κ2) is 9.17. The van der Waals surface area contributed by atoms with Gasteiger partial charge < -0.3 is 14.6 Å². The predicted octanol–water partition coefficient (Wildman–Crippen LogP) is 2.57. The van der Waals surface area contributed by atoms with Crippen LogP contribution < -0.4 is 9.96 Å². The van der Waals surface area contributed by atoms with Gasteiger partial charge in [-0.3, -0.25) is 10.4 Å². The van der Waals surface area contributed by atoms with Crippen molar-refractivity contribution in [1.29, 1.82) is 0 Å². The lowest BCUT2D eigenvalue weighted by atomic mass is 10.2. The summed E-state index contributed by atoms with van der Waals surface area (Å²) in [5, 5.41) is 27.2. The van der Waals surface area contributed by atoms with Gasteiger partial charge >= 0.3 is 6.09 Å². The lowest BCUT2D eigenvalue weighted by Gasteiger charge is -2.18. The van der Waals surface area contributed by atoms with E-state index in [0.717, 1.165) is 0 Å². The molecule has 1 aromatic rings. The Morgan fingerprint density at radius 3 is 2.46 bits per heavy atom. The lowest BCUT2D eigenvalue weighted by Crippen LogP contribution is -2.22. The Hall–Kier alpha value is -1.88. The molecule has 1 amide bonds. The van der Waals surface area contributed by atoms with Crippen LogP contribution in [-0.4, -0.2) is 50.9 Å².